The number of phenols is 1. The van der Waals surface area contributed by atoms with Crippen molar-refractivity contribution in [2.24, 2.45) is 10.7 Å². The number of benzene rings is 3. The highest BCUT2D eigenvalue weighted by molar-refractivity contribution is 5.97. The van der Waals surface area contributed by atoms with E-state index in [2.05, 4.69) is 59.0 Å². The molecule has 3 aliphatic heterocycles. The molecule has 1 fully saturated rings. The number of aryl methyl sites for hydroxylation is 1. The van der Waals surface area contributed by atoms with Crippen molar-refractivity contribution in [3.8, 4) is 22.6 Å². The lowest BCUT2D eigenvalue weighted by atomic mass is 9.57. The minimum absolute atomic E-state index is 0.0270. The molecule has 2 aliphatic carbocycles. The van der Waals surface area contributed by atoms with Gasteiger partial charge in [-0.15, -0.1) is 0 Å². The molecule has 3 heterocycles. The summed E-state index contributed by atoms with van der Waals surface area (Å²) in [6.07, 6.45) is 8.19. The van der Waals surface area contributed by atoms with Gasteiger partial charge in [0.1, 0.15) is 11.9 Å². The highest BCUT2D eigenvalue weighted by atomic mass is 16.5. The fourth-order valence-corrected chi connectivity index (χ4v) is 9.28. The van der Waals surface area contributed by atoms with Gasteiger partial charge in [0.25, 0.3) is 0 Å². The van der Waals surface area contributed by atoms with E-state index in [1.54, 1.807) is 18.2 Å². The highest BCUT2D eigenvalue weighted by Gasteiger charge is 2.54. The van der Waals surface area contributed by atoms with Crippen LogP contribution in [0.5, 0.6) is 11.5 Å². The molecule has 0 saturated heterocycles. The van der Waals surface area contributed by atoms with Gasteiger partial charge in [0, 0.05) is 54.0 Å². The Bertz CT molecular complexity index is 1930. The minimum Gasteiger partial charge on any atom is -0.504 e. The number of allylic oxidation sites excluding steroid dienone is 1. The number of ketones is 1. The van der Waals surface area contributed by atoms with Crippen molar-refractivity contribution >= 4 is 17.7 Å². The van der Waals surface area contributed by atoms with Gasteiger partial charge in [-0.1, -0.05) is 56.2 Å². The number of rotatable bonds is 13. The maximum Gasteiger partial charge on any atom is 0.163 e. The molecule has 50 heavy (non-hydrogen) atoms. The number of anilines is 1. The summed E-state index contributed by atoms with van der Waals surface area (Å²) in [5.74, 6) is 0.691. The lowest BCUT2D eigenvalue weighted by molar-refractivity contribution is -0.121. The summed E-state index contributed by atoms with van der Waals surface area (Å²) in [6.45, 7) is 2.87. The summed E-state index contributed by atoms with van der Waals surface area (Å²) in [6, 6.07) is 18.4. The standard InChI is InChI=1S/C41H46N4O5/c1-2-6-25(46)18-27(48)19-26(47)14-12-24-13-15-36(49)37(17-24)50-23-45-21-30-33(20-43-35(30)22-45)41-16-5-10-31(41)28-7-4-11-34-39(28)38-29(40(42)44-34)8-3-9-32(38)41/h3-4,7-9,11,13,15,17,20,22,25,27,31,40,44,46,48-49H,2,5-6,10,12,14,16,18-19,21,23,42H2,1H3. The third kappa shape index (κ3) is 5.52. The quantitative estimate of drug-likeness (QED) is 0.142. The molecule has 3 aromatic carbocycles. The van der Waals surface area contributed by atoms with Gasteiger partial charge >= 0.3 is 0 Å². The first kappa shape index (κ1) is 32.7. The Morgan fingerprint density at radius 3 is 2.82 bits per heavy atom. The number of hydrogen-bond donors (Lipinski definition) is 5. The maximum atomic E-state index is 12.5. The molecule has 0 bridgehead atoms. The van der Waals surface area contributed by atoms with E-state index >= 15 is 0 Å². The summed E-state index contributed by atoms with van der Waals surface area (Å²) >= 11 is 0. The molecule has 8 rings (SSSR count). The number of aliphatic imine (C=N–C) groups is 1. The summed E-state index contributed by atoms with van der Waals surface area (Å²) in [5, 5.41) is 34.3. The number of carbonyl (C=O) groups excluding carboxylic acids is 1. The maximum absolute atomic E-state index is 12.5. The average molecular weight is 675 g/mol. The number of Topliss-reactive ketones (excluding diaryl/α,β-unsaturated/α-hetero) is 1. The first-order valence-electron chi connectivity index (χ1n) is 18.1. The van der Waals surface area contributed by atoms with Gasteiger partial charge < -0.3 is 36.0 Å². The zero-order valence-electron chi connectivity index (χ0n) is 28.6. The number of ether oxygens (including phenoxy) is 1. The van der Waals surface area contributed by atoms with Crippen molar-refractivity contribution in [1.82, 2.24) is 4.90 Å². The molecule has 9 nitrogen and oxygen atoms in total. The zero-order valence-corrected chi connectivity index (χ0v) is 28.6. The van der Waals surface area contributed by atoms with Gasteiger partial charge in [-0.2, -0.15) is 0 Å². The second kappa shape index (κ2) is 13.0. The van der Waals surface area contributed by atoms with Crippen LogP contribution in [0, 0.1) is 0 Å². The largest absolute Gasteiger partial charge is 0.504 e. The summed E-state index contributed by atoms with van der Waals surface area (Å²) in [7, 11) is 0. The zero-order chi connectivity index (χ0) is 34.6. The van der Waals surface area contributed by atoms with Crippen LogP contribution in [0.15, 0.2) is 82.6 Å². The van der Waals surface area contributed by atoms with Gasteiger partial charge in [0.2, 0.25) is 0 Å². The molecule has 0 amide bonds. The monoisotopic (exact) mass is 674 g/mol. The lowest BCUT2D eigenvalue weighted by Gasteiger charge is -2.46. The van der Waals surface area contributed by atoms with E-state index in [0.29, 0.717) is 31.1 Å². The van der Waals surface area contributed by atoms with Crippen LogP contribution in [0.2, 0.25) is 0 Å². The van der Waals surface area contributed by atoms with Gasteiger partial charge in [-0.3, -0.25) is 9.79 Å². The number of aromatic hydroxyl groups is 1. The Kier molecular flexibility index (Phi) is 8.53. The SMILES string of the molecule is CCCC(O)CC(O)CC(=O)CCc1ccc(O)c(OCN2C=C3N=CC(C45CCCC4c4cccc6c4-c4c(cccc45)C(N)N6)=C3C2)c1. The van der Waals surface area contributed by atoms with Crippen molar-refractivity contribution in [3.05, 3.63) is 99.9 Å². The van der Waals surface area contributed by atoms with Gasteiger partial charge in [-0.25, -0.2) is 0 Å². The van der Waals surface area contributed by atoms with Crippen LogP contribution in [0.1, 0.15) is 92.6 Å². The number of nitrogens with two attached hydrogens (primary N) is 1. The summed E-state index contributed by atoms with van der Waals surface area (Å²) < 4.78 is 6.16. The third-order valence-electron chi connectivity index (χ3n) is 11.4. The normalized spacial score (nSPS) is 23.6. The van der Waals surface area contributed by atoms with E-state index in [0.717, 1.165) is 48.2 Å². The van der Waals surface area contributed by atoms with Crippen molar-refractivity contribution in [1.29, 1.82) is 0 Å². The number of nitrogens with one attached hydrogen (secondary N) is 1. The Hall–Kier alpha value is -4.44. The first-order valence-corrected chi connectivity index (χ1v) is 18.1. The molecule has 5 atom stereocenters. The molecule has 5 aliphatic rings. The number of fused-ring (bicyclic) bond motifs is 4. The van der Waals surface area contributed by atoms with Gasteiger partial charge in [-0.05, 0) is 89.6 Å². The van der Waals surface area contributed by atoms with E-state index in [1.807, 2.05) is 6.92 Å². The smallest absolute Gasteiger partial charge is 0.163 e. The Balaban J connectivity index is 0.981. The number of carbonyl (C=O) groups is 1. The Labute approximate surface area is 293 Å². The van der Waals surface area contributed by atoms with Crippen LogP contribution < -0.4 is 15.8 Å². The number of nitrogens with zero attached hydrogens (tertiary/aromatic N) is 2. The van der Waals surface area contributed by atoms with Crippen LogP contribution in [-0.2, 0) is 16.6 Å². The van der Waals surface area contributed by atoms with Crippen LogP contribution in [0.25, 0.3) is 11.1 Å². The van der Waals surface area contributed by atoms with Crippen LogP contribution in [0.3, 0.4) is 0 Å². The predicted octanol–water partition coefficient (Wildman–Crippen LogP) is 6.34. The second-order valence-electron chi connectivity index (χ2n) is 14.6. The molecule has 260 valence electrons. The fraction of sp³-hybridized carbons (Fsp3) is 0.415. The van der Waals surface area contributed by atoms with Gasteiger partial charge in [0.05, 0.1) is 17.9 Å². The van der Waals surface area contributed by atoms with Crippen molar-refractivity contribution < 1.29 is 24.9 Å². The number of aliphatic hydroxyl groups is 2. The Morgan fingerprint density at radius 1 is 1.12 bits per heavy atom. The van der Waals surface area contributed by atoms with E-state index in [1.165, 1.54) is 33.4 Å². The summed E-state index contributed by atoms with van der Waals surface area (Å²) in [5.41, 5.74) is 18.5. The highest BCUT2D eigenvalue weighted by Crippen LogP contribution is 2.65. The molecule has 9 heteroatoms. The lowest BCUT2D eigenvalue weighted by Crippen LogP contribution is -2.39. The molecule has 0 aromatic heterocycles. The topological polar surface area (TPSA) is 141 Å². The molecule has 0 spiro atoms. The predicted molar refractivity (Wildman–Crippen MR) is 194 cm³/mol. The first-order chi connectivity index (χ1) is 24.3. The fourth-order valence-electron chi connectivity index (χ4n) is 9.28. The van der Waals surface area contributed by atoms with Gasteiger partial charge in [0.15, 0.2) is 18.2 Å². The molecule has 6 N–H and O–H groups in total. The van der Waals surface area contributed by atoms with Crippen LogP contribution in [-0.4, -0.2) is 57.7 Å². The van der Waals surface area contributed by atoms with Crippen molar-refractivity contribution in [3.63, 3.8) is 0 Å². The molecular formula is C41H46N4O5. The molecule has 3 aromatic rings. The molecular weight excluding hydrogens is 628 g/mol. The second-order valence-corrected chi connectivity index (χ2v) is 14.6. The van der Waals surface area contributed by atoms with Crippen molar-refractivity contribution in [2.45, 2.75) is 94.4 Å². The van der Waals surface area contributed by atoms with E-state index in [4.69, 9.17) is 15.5 Å². The number of aliphatic hydroxyl groups excluding tert-OH is 2. The minimum atomic E-state index is -0.841. The van der Waals surface area contributed by atoms with E-state index < -0.39 is 12.2 Å². The molecule has 1 saturated carbocycles. The number of hydrogen-bond acceptors (Lipinski definition) is 9. The number of phenolic OH excluding ortho intramolecular Hbond substituents is 1. The average Bonchev–Trinajstić information content (AvgIpc) is 3.82. The molecule has 5 unspecified atom stereocenters. The molecule has 0 radical (unpaired) electrons. The third-order valence-corrected chi connectivity index (χ3v) is 11.4. The van der Waals surface area contributed by atoms with Crippen LogP contribution in [0.4, 0.5) is 5.69 Å². The Morgan fingerprint density at radius 2 is 1.96 bits per heavy atom. The van der Waals surface area contributed by atoms with Crippen molar-refractivity contribution in [2.75, 3.05) is 18.6 Å². The van der Waals surface area contributed by atoms with Crippen LogP contribution >= 0.6 is 0 Å². The summed E-state index contributed by atoms with van der Waals surface area (Å²) in [4.78, 5) is 19.6. The van der Waals surface area contributed by atoms with E-state index in [9.17, 15) is 20.1 Å². The van der Waals surface area contributed by atoms with E-state index in [-0.39, 0.29) is 49.1 Å².